The Kier molecular flexibility index (Phi) is 7.80. The van der Waals surface area contributed by atoms with E-state index >= 15 is 0 Å². The minimum atomic E-state index is -4.27. The summed E-state index contributed by atoms with van der Waals surface area (Å²) in [5, 5.41) is 4.12. The van der Waals surface area contributed by atoms with Gasteiger partial charge in [-0.1, -0.05) is 19.8 Å². The van der Waals surface area contributed by atoms with Crippen molar-refractivity contribution in [2.45, 2.75) is 83.0 Å². The summed E-state index contributed by atoms with van der Waals surface area (Å²) in [6.07, 6.45) is 2.69. The van der Waals surface area contributed by atoms with Crippen LogP contribution in [0.3, 0.4) is 0 Å². The number of nitrogens with zero attached hydrogens (tertiary/aromatic N) is 3. The molecule has 1 aromatic heterocycles. The van der Waals surface area contributed by atoms with Crippen LogP contribution >= 0.6 is 12.4 Å². The van der Waals surface area contributed by atoms with Crippen molar-refractivity contribution in [2.24, 2.45) is 5.73 Å². The molecule has 134 valence electrons. The van der Waals surface area contributed by atoms with E-state index in [1.807, 2.05) is 0 Å². The number of rotatable bonds is 6. The molecule has 0 aromatic carbocycles. The number of hydrogen-bond donors (Lipinski definition) is 1. The second kappa shape index (κ2) is 8.87. The highest BCUT2D eigenvalue weighted by molar-refractivity contribution is 5.85. The zero-order valence-corrected chi connectivity index (χ0v) is 14.3. The summed E-state index contributed by atoms with van der Waals surface area (Å²) in [6.45, 7) is 1.04. The molecule has 1 aliphatic carbocycles. The Morgan fingerprint density at radius 1 is 1.17 bits per heavy atom. The van der Waals surface area contributed by atoms with Crippen molar-refractivity contribution in [3.8, 4) is 0 Å². The van der Waals surface area contributed by atoms with Gasteiger partial charge >= 0.3 is 6.18 Å². The van der Waals surface area contributed by atoms with Crippen LogP contribution in [0.15, 0.2) is 0 Å². The van der Waals surface area contributed by atoms with Gasteiger partial charge in [0.15, 0.2) is 5.82 Å². The summed E-state index contributed by atoms with van der Waals surface area (Å²) in [5.41, 5.74) is 5.88. The third kappa shape index (κ3) is 6.30. The molecule has 0 spiro atoms. The zero-order chi connectivity index (χ0) is 16.2. The van der Waals surface area contributed by atoms with Gasteiger partial charge in [0.05, 0.1) is 0 Å². The van der Waals surface area contributed by atoms with E-state index in [1.54, 1.807) is 0 Å². The van der Waals surface area contributed by atoms with Crippen molar-refractivity contribution in [1.29, 1.82) is 0 Å². The number of aromatic nitrogens is 3. The summed E-state index contributed by atoms with van der Waals surface area (Å²) >= 11 is 0. The summed E-state index contributed by atoms with van der Waals surface area (Å²) in [5.74, 6) is 1.09. The summed E-state index contributed by atoms with van der Waals surface area (Å²) in [7, 11) is 0. The Hall–Kier alpha value is -0.820. The molecule has 23 heavy (non-hydrogen) atoms. The minimum Gasteiger partial charge on any atom is -0.328 e. The van der Waals surface area contributed by atoms with Gasteiger partial charge in [-0.3, -0.25) is 0 Å². The fourth-order valence-electron chi connectivity index (χ4n) is 3.01. The smallest absolute Gasteiger partial charge is 0.328 e. The average molecular weight is 355 g/mol. The van der Waals surface area contributed by atoms with Crippen molar-refractivity contribution >= 4 is 12.4 Å². The van der Waals surface area contributed by atoms with Gasteiger partial charge in [0.25, 0.3) is 0 Å². The molecule has 1 saturated carbocycles. The summed E-state index contributed by atoms with van der Waals surface area (Å²) in [4.78, 5) is 4.43. The molecule has 2 rings (SSSR count). The molecule has 0 amide bonds. The first kappa shape index (κ1) is 20.2. The maximum Gasteiger partial charge on any atom is 0.408 e. The van der Waals surface area contributed by atoms with Crippen LogP contribution in [-0.2, 0) is 13.0 Å². The highest BCUT2D eigenvalue weighted by Gasteiger charge is 2.33. The monoisotopic (exact) mass is 354 g/mol. The van der Waals surface area contributed by atoms with E-state index in [4.69, 9.17) is 5.73 Å². The molecule has 1 heterocycles. The van der Waals surface area contributed by atoms with Gasteiger partial charge in [-0.2, -0.15) is 18.3 Å². The van der Waals surface area contributed by atoms with Crippen LogP contribution in [0.2, 0.25) is 0 Å². The van der Waals surface area contributed by atoms with Gasteiger partial charge in [-0.25, -0.2) is 9.67 Å². The second-order valence-corrected chi connectivity index (χ2v) is 6.23. The Labute approximate surface area is 141 Å². The van der Waals surface area contributed by atoms with Gasteiger partial charge in [-0.15, -0.1) is 12.4 Å². The van der Waals surface area contributed by atoms with E-state index in [-0.39, 0.29) is 24.4 Å². The first-order chi connectivity index (χ1) is 10.4. The molecular weight excluding hydrogens is 329 g/mol. The SMILES string of the molecule is CCCCCc1nc(C2CCC(N)CC2)n(CC(F)(F)F)n1.Cl. The van der Waals surface area contributed by atoms with Gasteiger partial charge in [0.2, 0.25) is 0 Å². The van der Waals surface area contributed by atoms with Crippen LogP contribution < -0.4 is 5.73 Å². The van der Waals surface area contributed by atoms with Crippen LogP contribution in [0.1, 0.15) is 69.4 Å². The fraction of sp³-hybridized carbons (Fsp3) is 0.867. The van der Waals surface area contributed by atoms with Gasteiger partial charge in [0, 0.05) is 18.4 Å². The topological polar surface area (TPSA) is 56.7 Å². The lowest BCUT2D eigenvalue weighted by Gasteiger charge is -2.25. The molecular formula is C15H26ClF3N4. The number of alkyl halides is 3. The second-order valence-electron chi connectivity index (χ2n) is 6.23. The Balaban J connectivity index is 0.00000264. The molecule has 0 bridgehead atoms. The average Bonchev–Trinajstić information content (AvgIpc) is 2.81. The van der Waals surface area contributed by atoms with E-state index in [0.717, 1.165) is 49.6 Å². The lowest BCUT2D eigenvalue weighted by atomic mass is 9.86. The predicted octanol–water partition coefficient (Wildman–Crippen LogP) is 3.98. The molecule has 0 unspecified atom stereocenters. The van der Waals surface area contributed by atoms with E-state index in [9.17, 15) is 13.2 Å². The molecule has 1 fully saturated rings. The highest BCUT2D eigenvalue weighted by Crippen LogP contribution is 2.32. The third-order valence-corrected chi connectivity index (χ3v) is 4.21. The minimum absolute atomic E-state index is 0. The van der Waals surface area contributed by atoms with Crippen LogP contribution in [0, 0.1) is 0 Å². The van der Waals surface area contributed by atoms with Crippen molar-refractivity contribution in [3.63, 3.8) is 0 Å². The maximum absolute atomic E-state index is 12.8. The standard InChI is InChI=1S/C15H25F3N4.ClH/c1-2-3-4-5-13-20-14(11-6-8-12(19)9-7-11)22(21-13)10-15(16,17)18;/h11-12H,2-10,19H2,1H3;1H. The Bertz CT molecular complexity index is 468. The van der Waals surface area contributed by atoms with Gasteiger partial charge < -0.3 is 5.73 Å². The van der Waals surface area contributed by atoms with Gasteiger partial charge in [-0.05, 0) is 32.1 Å². The first-order valence-electron chi connectivity index (χ1n) is 8.15. The lowest BCUT2D eigenvalue weighted by molar-refractivity contribution is -0.143. The number of nitrogens with two attached hydrogens (primary N) is 1. The largest absolute Gasteiger partial charge is 0.408 e. The van der Waals surface area contributed by atoms with E-state index in [0.29, 0.717) is 18.1 Å². The van der Waals surface area contributed by atoms with Crippen LogP contribution in [0.25, 0.3) is 0 Å². The lowest BCUT2D eigenvalue weighted by Crippen LogP contribution is -2.28. The van der Waals surface area contributed by atoms with Crippen molar-refractivity contribution in [2.75, 3.05) is 0 Å². The molecule has 0 radical (unpaired) electrons. The van der Waals surface area contributed by atoms with E-state index in [2.05, 4.69) is 17.0 Å². The molecule has 4 nitrogen and oxygen atoms in total. The number of aryl methyl sites for hydroxylation is 1. The summed E-state index contributed by atoms with van der Waals surface area (Å²) < 4.78 is 39.3. The molecule has 0 aliphatic heterocycles. The van der Waals surface area contributed by atoms with Crippen molar-refractivity contribution in [3.05, 3.63) is 11.6 Å². The molecule has 1 aromatic rings. The number of halogens is 4. The van der Waals surface area contributed by atoms with Crippen LogP contribution in [0.4, 0.5) is 13.2 Å². The fourth-order valence-corrected chi connectivity index (χ4v) is 3.01. The Morgan fingerprint density at radius 2 is 1.83 bits per heavy atom. The van der Waals surface area contributed by atoms with Crippen molar-refractivity contribution < 1.29 is 13.2 Å². The molecule has 0 atom stereocenters. The van der Waals surface area contributed by atoms with Gasteiger partial charge in [0.1, 0.15) is 12.4 Å². The number of hydrogen-bond acceptors (Lipinski definition) is 3. The maximum atomic E-state index is 12.8. The molecule has 8 heteroatoms. The quantitative estimate of drug-likeness (QED) is 0.786. The van der Waals surface area contributed by atoms with Crippen LogP contribution in [0.5, 0.6) is 0 Å². The normalized spacial score (nSPS) is 22.0. The summed E-state index contributed by atoms with van der Waals surface area (Å²) in [6, 6.07) is 0.166. The van der Waals surface area contributed by atoms with E-state index in [1.165, 1.54) is 0 Å². The first-order valence-corrected chi connectivity index (χ1v) is 8.15. The molecule has 0 saturated heterocycles. The predicted molar refractivity (Wildman–Crippen MR) is 85.7 cm³/mol. The molecule has 1 aliphatic rings. The van der Waals surface area contributed by atoms with E-state index < -0.39 is 12.7 Å². The van der Waals surface area contributed by atoms with Crippen molar-refractivity contribution in [1.82, 2.24) is 14.8 Å². The third-order valence-electron chi connectivity index (χ3n) is 4.21. The number of unbranched alkanes of at least 4 members (excludes halogenated alkanes) is 2. The molecule has 2 N–H and O–H groups in total. The highest BCUT2D eigenvalue weighted by atomic mass is 35.5. The Morgan fingerprint density at radius 3 is 2.39 bits per heavy atom. The zero-order valence-electron chi connectivity index (χ0n) is 13.5. The van der Waals surface area contributed by atoms with Crippen LogP contribution in [-0.4, -0.2) is 27.0 Å².